The van der Waals surface area contributed by atoms with E-state index in [2.05, 4.69) is 20.9 Å². The second-order valence-corrected chi connectivity index (χ2v) is 9.62. The minimum absolute atomic E-state index is 0.0170. The molecule has 33 heavy (non-hydrogen) atoms. The molecule has 1 N–H and O–H groups in total. The van der Waals surface area contributed by atoms with Crippen LogP contribution in [0.2, 0.25) is 0 Å². The van der Waals surface area contributed by atoms with E-state index in [-0.39, 0.29) is 16.5 Å². The topological polar surface area (TPSA) is 70.5 Å². The molecule has 0 aliphatic carbocycles. The van der Waals surface area contributed by atoms with Gasteiger partial charge in [0.2, 0.25) is 0 Å². The number of carbonyl (C=O) groups is 2. The third-order valence-electron chi connectivity index (χ3n) is 5.50. The largest absolute Gasteiger partial charge is 0.507 e. The van der Waals surface area contributed by atoms with E-state index in [1.807, 2.05) is 19.1 Å². The summed E-state index contributed by atoms with van der Waals surface area (Å²) in [6, 6.07) is 17.5. The summed E-state index contributed by atoms with van der Waals surface area (Å²) in [5.41, 5.74) is 2.57. The van der Waals surface area contributed by atoms with E-state index in [1.165, 1.54) is 23.1 Å². The van der Waals surface area contributed by atoms with Gasteiger partial charge in [0, 0.05) is 10.0 Å². The first kappa shape index (κ1) is 21.5. The lowest BCUT2D eigenvalue weighted by molar-refractivity contribution is -0.132. The van der Waals surface area contributed by atoms with Crippen molar-refractivity contribution in [2.45, 2.75) is 13.0 Å². The van der Waals surface area contributed by atoms with Crippen molar-refractivity contribution in [2.75, 3.05) is 4.90 Å². The second-order valence-electron chi connectivity index (χ2n) is 7.70. The van der Waals surface area contributed by atoms with Crippen molar-refractivity contribution < 1.29 is 19.1 Å². The predicted octanol–water partition coefficient (Wildman–Crippen LogP) is 6.13. The van der Waals surface area contributed by atoms with E-state index >= 15 is 0 Å². The van der Waals surface area contributed by atoms with Crippen molar-refractivity contribution in [2.24, 2.45) is 0 Å². The maximum atomic E-state index is 13.7. The number of Topliss-reactive ketones (excluding diaryl/α,β-unsaturated/α-hetero) is 1. The molecular formula is C25H16BrFN2O3S. The number of aryl methyl sites for hydroxylation is 1. The van der Waals surface area contributed by atoms with Gasteiger partial charge in [0.15, 0.2) is 5.13 Å². The van der Waals surface area contributed by atoms with Crippen molar-refractivity contribution in [3.63, 3.8) is 0 Å². The van der Waals surface area contributed by atoms with Crippen LogP contribution < -0.4 is 4.90 Å². The molecule has 0 bridgehead atoms. The van der Waals surface area contributed by atoms with Gasteiger partial charge in [0.25, 0.3) is 5.78 Å². The number of ketones is 1. The highest BCUT2D eigenvalue weighted by Gasteiger charge is 2.48. The molecule has 3 aromatic carbocycles. The summed E-state index contributed by atoms with van der Waals surface area (Å²) in [5.74, 6) is -2.26. The van der Waals surface area contributed by atoms with Crippen LogP contribution in [-0.4, -0.2) is 21.8 Å². The van der Waals surface area contributed by atoms with Crippen LogP contribution in [0.15, 0.2) is 76.8 Å². The third kappa shape index (κ3) is 3.75. The number of halogens is 2. The molecule has 5 rings (SSSR count). The summed E-state index contributed by atoms with van der Waals surface area (Å²) in [6.07, 6.45) is 0. The predicted molar refractivity (Wildman–Crippen MR) is 130 cm³/mol. The average Bonchev–Trinajstić information content (AvgIpc) is 3.32. The molecule has 1 aliphatic rings. The number of thiazole rings is 1. The van der Waals surface area contributed by atoms with E-state index in [0.717, 1.165) is 21.4 Å². The zero-order chi connectivity index (χ0) is 23.3. The molecule has 8 heteroatoms. The quantitative estimate of drug-likeness (QED) is 0.199. The van der Waals surface area contributed by atoms with Crippen LogP contribution >= 0.6 is 27.3 Å². The smallest absolute Gasteiger partial charge is 0.301 e. The van der Waals surface area contributed by atoms with Crippen LogP contribution in [0.4, 0.5) is 9.52 Å². The zero-order valence-electron chi connectivity index (χ0n) is 17.3. The first-order valence-corrected chi connectivity index (χ1v) is 11.6. The molecule has 0 radical (unpaired) electrons. The Kier molecular flexibility index (Phi) is 5.34. The highest BCUT2D eigenvalue weighted by molar-refractivity contribution is 9.10. The fourth-order valence-electron chi connectivity index (χ4n) is 3.85. The van der Waals surface area contributed by atoms with Crippen LogP contribution in [0.25, 0.3) is 16.0 Å². The monoisotopic (exact) mass is 522 g/mol. The average molecular weight is 523 g/mol. The van der Waals surface area contributed by atoms with E-state index in [0.29, 0.717) is 21.3 Å². The van der Waals surface area contributed by atoms with Gasteiger partial charge in [-0.3, -0.25) is 14.5 Å². The first-order chi connectivity index (χ1) is 15.8. The van der Waals surface area contributed by atoms with Gasteiger partial charge < -0.3 is 5.11 Å². The second kappa shape index (κ2) is 8.20. The molecule has 2 heterocycles. The Bertz CT molecular complexity index is 1450. The lowest BCUT2D eigenvalue weighted by Crippen LogP contribution is -2.29. The Labute approximate surface area is 200 Å². The molecule has 5 nitrogen and oxygen atoms in total. The van der Waals surface area contributed by atoms with Crippen molar-refractivity contribution in [3.8, 4) is 0 Å². The minimum Gasteiger partial charge on any atom is -0.507 e. The molecule has 0 spiro atoms. The number of hydrogen-bond acceptors (Lipinski definition) is 5. The van der Waals surface area contributed by atoms with Gasteiger partial charge in [0.1, 0.15) is 11.6 Å². The Morgan fingerprint density at radius 3 is 2.45 bits per heavy atom. The summed E-state index contributed by atoms with van der Waals surface area (Å²) in [4.78, 5) is 32.2. The van der Waals surface area contributed by atoms with Crippen molar-refractivity contribution in [3.05, 3.63) is 99.3 Å². The third-order valence-corrected chi connectivity index (χ3v) is 7.05. The molecule has 1 unspecified atom stereocenters. The van der Waals surface area contributed by atoms with E-state index in [1.54, 1.807) is 36.4 Å². The SMILES string of the molecule is Cc1ccc(C(O)=C2C(=O)C(=O)N(c3nc4ccc(F)cc4s3)C2c2ccc(Br)cc2)cc1. The molecule has 0 saturated carbocycles. The van der Waals surface area contributed by atoms with Crippen LogP contribution in [0.3, 0.4) is 0 Å². The first-order valence-electron chi connectivity index (χ1n) is 10.0. The van der Waals surface area contributed by atoms with Crippen LogP contribution in [0.5, 0.6) is 0 Å². The molecule has 1 fully saturated rings. The van der Waals surface area contributed by atoms with Crippen LogP contribution in [-0.2, 0) is 9.59 Å². The van der Waals surface area contributed by atoms with Crippen LogP contribution in [0, 0.1) is 12.7 Å². The van der Waals surface area contributed by atoms with Crippen molar-refractivity contribution in [1.82, 2.24) is 4.98 Å². The van der Waals surface area contributed by atoms with Gasteiger partial charge in [-0.15, -0.1) is 0 Å². The molecular weight excluding hydrogens is 507 g/mol. The Morgan fingerprint density at radius 2 is 1.76 bits per heavy atom. The summed E-state index contributed by atoms with van der Waals surface area (Å²) < 4.78 is 15.1. The fourth-order valence-corrected chi connectivity index (χ4v) is 5.13. The van der Waals surface area contributed by atoms with Gasteiger partial charge in [-0.1, -0.05) is 69.2 Å². The molecule has 1 saturated heterocycles. The zero-order valence-corrected chi connectivity index (χ0v) is 19.7. The van der Waals surface area contributed by atoms with Crippen molar-refractivity contribution >= 4 is 60.1 Å². The molecule has 1 aromatic heterocycles. The number of aliphatic hydroxyl groups is 1. The van der Waals surface area contributed by atoms with Gasteiger partial charge in [-0.2, -0.15) is 0 Å². The Morgan fingerprint density at radius 1 is 1.06 bits per heavy atom. The number of fused-ring (bicyclic) bond motifs is 1. The Balaban J connectivity index is 1.73. The molecule has 1 aliphatic heterocycles. The number of aliphatic hydroxyl groups excluding tert-OH is 1. The van der Waals surface area contributed by atoms with E-state index in [4.69, 9.17) is 0 Å². The lowest BCUT2D eigenvalue weighted by atomic mass is 9.95. The summed E-state index contributed by atoms with van der Waals surface area (Å²) in [6.45, 7) is 1.92. The Hall–Kier alpha value is -3.36. The highest BCUT2D eigenvalue weighted by atomic mass is 79.9. The van der Waals surface area contributed by atoms with E-state index in [9.17, 15) is 19.1 Å². The number of aromatic nitrogens is 1. The minimum atomic E-state index is -0.884. The lowest BCUT2D eigenvalue weighted by Gasteiger charge is -2.23. The number of amides is 1. The highest BCUT2D eigenvalue weighted by Crippen LogP contribution is 2.44. The van der Waals surface area contributed by atoms with Gasteiger partial charge in [-0.25, -0.2) is 9.37 Å². The summed E-state index contributed by atoms with van der Waals surface area (Å²) in [7, 11) is 0. The van der Waals surface area contributed by atoms with Gasteiger partial charge in [-0.05, 0) is 42.8 Å². The van der Waals surface area contributed by atoms with Gasteiger partial charge >= 0.3 is 5.91 Å². The normalized spacial score (nSPS) is 17.8. The molecule has 1 amide bonds. The summed E-state index contributed by atoms with van der Waals surface area (Å²) in [5, 5.41) is 11.4. The maximum Gasteiger partial charge on any atom is 0.301 e. The fraction of sp³-hybridized carbons (Fsp3) is 0.0800. The van der Waals surface area contributed by atoms with Gasteiger partial charge in [0.05, 0.1) is 21.8 Å². The van der Waals surface area contributed by atoms with E-state index < -0.39 is 23.5 Å². The molecule has 1 atom stereocenters. The number of nitrogens with zero attached hydrogens (tertiary/aromatic N) is 2. The molecule has 4 aromatic rings. The number of hydrogen-bond donors (Lipinski definition) is 1. The molecule has 164 valence electrons. The standard InChI is InChI=1S/C25H16BrFN2O3S/c1-13-2-4-15(5-3-13)22(30)20-21(14-6-8-16(26)9-7-14)29(24(32)23(20)31)25-28-18-11-10-17(27)12-19(18)33-25/h2-12,21,30H,1H3. The number of rotatable bonds is 3. The number of anilines is 1. The number of carbonyl (C=O) groups excluding carboxylic acids is 2. The summed E-state index contributed by atoms with van der Waals surface area (Å²) >= 11 is 4.52. The maximum absolute atomic E-state index is 13.7. The van der Waals surface area contributed by atoms with Crippen LogP contribution in [0.1, 0.15) is 22.7 Å². The number of benzene rings is 3. The van der Waals surface area contributed by atoms with Crippen molar-refractivity contribution in [1.29, 1.82) is 0 Å².